The molecular formula is C27H33F3N4O7. The molecule has 11 nitrogen and oxygen atoms in total. The minimum atomic E-state index is -4.76. The zero-order valence-corrected chi connectivity index (χ0v) is 23.2. The van der Waals surface area contributed by atoms with Crippen LogP contribution in [0.2, 0.25) is 0 Å². The van der Waals surface area contributed by atoms with E-state index in [0.29, 0.717) is 23.5 Å². The molecule has 2 heterocycles. The van der Waals surface area contributed by atoms with Gasteiger partial charge in [0.15, 0.2) is 5.82 Å². The lowest BCUT2D eigenvalue weighted by molar-refractivity contribution is -0.336. The first-order valence-electron chi connectivity index (χ1n) is 12.5. The Bertz CT molecular complexity index is 1240. The molecule has 1 aromatic heterocycles. The number of aromatic nitrogens is 3. The second-order valence-corrected chi connectivity index (χ2v) is 8.91. The summed E-state index contributed by atoms with van der Waals surface area (Å²) in [6.45, 7) is 3.45. The summed E-state index contributed by atoms with van der Waals surface area (Å²) in [5.74, 6) is -0.213. The highest BCUT2D eigenvalue weighted by molar-refractivity contribution is 5.72. The highest BCUT2D eigenvalue weighted by atomic mass is 19.4. The fourth-order valence-electron chi connectivity index (χ4n) is 4.10. The third-order valence-corrected chi connectivity index (χ3v) is 6.19. The van der Waals surface area contributed by atoms with Crippen LogP contribution in [0, 0.1) is 0 Å². The molecule has 224 valence electrons. The maximum absolute atomic E-state index is 12.4. The molecule has 2 aromatic carbocycles. The Morgan fingerprint density at radius 3 is 2.27 bits per heavy atom. The first kappa shape index (κ1) is 32.0. The van der Waals surface area contributed by atoms with Crippen LogP contribution in [-0.2, 0) is 30.4 Å². The number of hydrogen-bond donors (Lipinski definition) is 1. The highest BCUT2D eigenvalue weighted by Gasteiger charge is 2.39. The van der Waals surface area contributed by atoms with E-state index >= 15 is 0 Å². The van der Waals surface area contributed by atoms with Crippen molar-refractivity contribution in [1.82, 2.24) is 19.8 Å². The Hall–Kier alpha value is -3.56. The molecule has 4 atom stereocenters. The number of carbonyl (C=O) groups excluding carboxylic acids is 1. The molecule has 0 spiro atoms. The summed E-state index contributed by atoms with van der Waals surface area (Å²) < 4.78 is 59.3. The molecule has 1 N–H and O–H groups in total. The predicted octanol–water partition coefficient (Wildman–Crippen LogP) is 3.89. The second-order valence-electron chi connectivity index (χ2n) is 8.91. The van der Waals surface area contributed by atoms with Gasteiger partial charge in [0.05, 0.1) is 24.4 Å². The molecule has 0 aliphatic carbocycles. The van der Waals surface area contributed by atoms with Crippen LogP contribution >= 0.6 is 0 Å². The van der Waals surface area contributed by atoms with Crippen molar-refractivity contribution in [3.63, 3.8) is 0 Å². The number of rotatable bonds is 9. The van der Waals surface area contributed by atoms with Gasteiger partial charge in [0.25, 0.3) is 0 Å². The van der Waals surface area contributed by atoms with E-state index in [2.05, 4.69) is 14.8 Å². The van der Waals surface area contributed by atoms with Crippen LogP contribution in [-0.4, -0.2) is 83.1 Å². The van der Waals surface area contributed by atoms with E-state index in [1.54, 1.807) is 26.4 Å². The fraction of sp³-hybridized carbons (Fsp3) is 0.444. The van der Waals surface area contributed by atoms with Crippen molar-refractivity contribution in [1.29, 1.82) is 0 Å². The lowest BCUT2D eigenvalue weighted by Crippen LogP contribution is -2.51. The van der Waals surface area contributed by atoms with Gasteiger partial charge in [-0.25, -0.2) is 19.6 Å². The number of carbonyl (C=O) groups is 1. The number of alkyl halides is 3. The summed E-state index contributed by atoms with van der Waals surface area (Å²) in [6, 6.07) is 12.5. The SMILES string of the molecule is CO.COC1C[C@@H](OC)C(ON(Cc2ccc(-c3ncn(-c4ccc(OC(F)(F)F)cc4)n3)cc2)C(C)=O)O[C@H]1C. The first-order valence-corrected chi connectivity index (χ1v) is 12.5. The normalized spacial score (nSPS) is 20.6. The number of aliphatic hydroxyl groups is 1. The number of ether oxygens (including phenoxy) is 4. The Morgan fingerprint density at radius 1 is 1.07 bits per heavy atom. The number of hydrogen-bond acceptors (Lipinski definition) is 9. The summed E-state index contributed by atoms with van der Waals surface area (Å²) in [5, 5.41) is 12.6. The predicted molar refractivity (Wildman–Crippen MR) is 139 cm³/mol. The van der Waals surface area contributed by atoms with Crippen molar-refractivity contribution in [3.8, 4) is 22.8 Å². The van der Waals surface area contributed by atoms with Gasteiger partial charge in [-0.1, -0.05) is 24.3 Å². The lowest BCUT2D eigenvalue weighted by Gasteiger charge is -2.39. The Labute approximate surface area is 235 Å². The van der Waals surface area contributed by atoms with E-state index in [-0.39, 0.29) is 30.4 Å². The number of benzene rings is 2. The van der Waals surface area contributed by atoms with Crippen LogP contribution in [0.25, 0.3) is 17.1 Å². The fourth-order valence-corrected chi connectivity index (χ4v) is 4.10. The van der Waals surface area contributed by atoms with Crippen LogP contribution in [0.3, 0.4) is 0 Å². The maximum Gasteiger partial charge on any atom is 0.573 e. The van der Waals surface area contributed by atoms with Crippen LogP contribution in [0.5, 0.6) is 5.75 Å². The van der Waals surface area contributed by atoms with Crippen molar-refractivity contribution < 1.29 is 46.9 Å². The number of halogens is 3. The summed E-state index contributed by atoms with van der Waals surface area (Å²) in [4.78, 5) is 22.5. The molecule has 1 saturated heterocycles. The molecule has 14 heteroatoms. The van der Waals surface area contributed by atoms with Gasteiger partial charge < -0.3 is 24.1 Å². The molecule has 0 saturated carbocycles. The zero-order valence-electron chi connectivity index (χ0n) is 23.2. The molecule has 41 heavy (non-hydrogen) atoms. The molecule has 0 radical (unpaired) electrons. The number of nitrogens with zero attached hydrogens (tertiary/aromatic N) is 4. The molecule has 1 fully saturated rings. The van der Waals surface area contributed by atoms with Crippen LogP contribution in [0.15, 0.2) is 54.9 Å². The second kappa shape index (κ2) is 14.4. The summed E-state index contributed by atoms with van der Waals surface area (Å²) in [6.07, 6.45) is -4.31. The van der Waals surface area contributed by atoms with Crippen molar-refractivity contribution in [2.24, 2.45) is 0 Å². The molecule has 1 aliphatic heterocycles. The quantitative estimate of drug-likeness (QED) is 0.375. The Morgan fingerprint density at radius 2 is 1.71 bits per heavy atom. The van der Waals surface area contributed by atoms with E-state index in [0.717, 1.165) is 12.7 Å². The van der Waals surface area contributed by atoms with Crippen molar-refractivity contribution in [2.45, 2.75) is 57.8 Å². The van der Waals surface area contributed by atoms with Crippen LogP contribution in [0.1, 0.15) is 25.8 Å². The summed E-state index contributed by atoms with van der Waals surface area (Å²) >= 11 is 0. The van der Waals surface area contributed by atoms with Gasteiger partial charge >= 0.3 is 6.36 Å². The van der Waals surface area contributed by atoms with Gasteiger partial charge in [-0.3, -0.25) is 4.79 Å². The summed E-state index contributed by atoms with van der Waals surface area (Å²) in [7, 11) is 4.16. The molecular weight excluding hydrogens is 549 g/mol. The van der Waals surface area contributed by atoms with E-state index in [4.69, 9.17) is 24.2 Å². The summed E-state index contributed by atoms with van der Waals surface area (Å²) in [5.41, 5.74) is 2.01. The molecule has 0 bridgehead atoms. The Kier molecular flexibility index (Phi) is 11.2. The molecule has 1 aliphatic rings. The molecule has 1 amide bonds. The van der Waals surface area contributed by atoms with E-state index in [9.17, 15) is 18.0 Å². The average molecular weight is 583 g/mol. The third kappa shape index (κ3) is 8.71. The molecule has 4 rings (SSSR count). The molecule has 3 aromatic rings. The van der Waals surface area contributed by atoms with Gasteiger partial charge in [-0.2, -0.15) is 0 Å². The van der Waals surface area contributed by atoms with E-state index in [1.807, 2.05) is 19.1 Å². The van der Waals surface area contributed by atoms with Crippen molar-refractivity contribution >= 4 is 5.91 Å². The monoisotopic (exact) mass is 582 g/mol. The first-order chi connectivity index (χ1) is 19.6. The number of amides is 1. The van der Waals surface area contributed by atoms with Gasteiger partial charge in [0.2, 0.25) is 12.2 Å². The van der Waals surface area contributed by atoms with E-state index in [1.165, 1.54) is 47.3 Å². The number of hydroxylamine groups is 2. The van der Waals surface area contributed by atoms with Crippen LogP contribution < -0.4 is 4.74 Å². The Balaban J connectivity index is 0.00000226. The average Bonchev–Trinajstić information content (AvgIpc) is 3.44. The lowest BCUT2D eigenvalue weighted by atomic mass is 10.0. The maximum atomic E-state index is 12.4. The zero-order chi connectivity index (χ0) is 30.2. The van der Waals surface area contributed by atoms with Gasteiger partial charge in [0.1, 0.15) is 18.2 Å². The van der Waals surface area contributed by atoms with Crippen molar-refractivity contribution in [2.75, 3.05) is 21.3 Å². The highest BCUT2D eigenvalue weighted by Crippen LogP contribution is 2.27. The van der Waals surface area contributed by atoms with Gasteiger partial charge in [-0.05, 0) is 36.8 Å². The molecule has 2 unspecified atom stereocenters. The minimum Gasteiger partial charge on any atom is -0.406 e. The van der Waals surface area contributed by atoms with Gasteiger partial charge in [-0.15, -0.1) is 18.3 Å². The number of aliphatic hydroxyl groups excluding tert-OH is 1. The van der Waals surface area contributed by atoms with Crippen molar-refractivity contribution in [3.05, 3.63) is 60.4 Å². The largest absolute Gasteiger partial charge is 0.573 e. The third-order valence-electron chi connectivity index (χ3n) is 6.19. The minimum absolute atomic E-state index is 0.145. The topological polar surface area (TPSA) is 117 Å². The van der Waals surface area contributed by atoms with E-state index < -0.39 is 18.8 Å². The van der Waals surface area contributed by atoms with Crippen LogP contribution in [0.4, 0.5) is 13.2 Å². The number of methoxy groups -OCH3 is 2. The smallest absolute Gasteiger partial charge is 0.406 e. The van der Waals surface area contributed by atoms with Gasteiger partial charge in [0, 0.05) is 40.2 Å². The standard InChI is InChI=1S/C26H29F3N4O6.CH4O/c1-16-22(35-3)13-23(36-4)25(37-16)39-33(17(2)34)14-18-5-7-19(8-6-18)24-30-15-32(31-24)20-9-11-21(12-10-20)38-26(27,28)29;1-2/h5-12,15-16,22-23,25H,13-14H2,1-4H3;2H,1H3/t16-,22?,23+,25?;/m0./s1.